The summed E-state index contributed by atoms with van der Waals surface area (Å²) in [5, 5.41) is 0.00565. The summed E-state index contributed by atoms with van der Waals surface area (Å²) in [5.41, 5.74) is 0.646. The van der Waals surface area contributed by atoms with E-state index in [4.69, 9.17) is 4.74 Å². The van der Waals surface area contributed by atoms with E-state index in [1.54, 1.807) is 14.0 Å². The number of aromatic nitrogens is 1. The number of ether oxygens (including phenoxy) is 1. The quantitative estimate of drug-likeness (QED) is 0.804. The van der Waals surface area contributed by atoms with Gasteiger partial charge in [0.2, 0.25) is 0 Å². The largest absolute Gasteiger partial charge is 0.399 e. The molecule has 1 rings (SSSR count). The van der Waals surface area contributed by atoms with Crippen LogP contribution in [0.3, 0.4) is 0 Å². The van der Waals surface area contributed by atoms with Gasteiger partial charge in [0.25, 0.3) is 0 Å². The standard InChI is InChI=1S/C9H11F3NOS/c1-6-7(3-4-14-2)15-8(13-6)5-9(10,11)12/h5H,3-4H2,1-2H3. The Kier molecular flexibility index (Phi) is 4.10. The van der Waals surface area contributed by atoms with Crippen molar-refractivity contribution >= 4 is 11.3 Å². The van der Waals surface area contributed by atoms with Crippen molar-refractivity contribution in [2.75, 3.05) is 13.7 Å². The Bertz CT molecular complexity index is 322. The third-order valence-electron chi connectivity index (χ3n) is 1.73. The van der Waals surface area contributed by atoms with Crippen LogP contribution in [0, 0.1) is 13.3 Å². The molecule has 1 aromatic rings. The summed E-state index contributed by atoms with van der Waals surface area (Å²) in [6.45, 7) is 2.20. The van der Waals surface area contributed by atoms with Gasteiger partial charge in [-0.05, 0) is 6.92 Å². The molecular formula is C9H11F3NOS. The lowest BCUT2D eigenvalue weighted by Gasteiger charge is -2.00. The third kappa shape index (κ3) is 4.17. The van der Waals surface area contributed by atoms with Crippen molar-refractivity contribution in [2.45, 2.75) is 19.5 Å². The topological polar surface area (TPSA) is 22.1 Å². The van der Waals surface area contributed by atoms with Crippen LogP contribution in [0.1, 0.15) is 15.6 Å². The molecule has 0 bridgehead atoms. The Morgan fingerprint density at radius 2 is 2.13 bits per heavy atom. The molecule has 0 saturated carbocycles. The van der Waals surface area contributed by atoms with Crippen LogP contribution in [0.4, 0.5) is 13.2 Å². The molecule has 0 fully saturated rings. The number of aryl methyl sites for hydroxylation is 1. The van der Waals surface area contributed by atoms with E-state index in [-0.39, 0.29) is 11.4 Å². The van der Waals surface area contributed by atoms with E-state index in [1.807, 2.05) is 0 Å². The number of nitrogens with zero attached hydrogens (tertiary/aromatic N) is 1. The van der Waals surface area contributed by atoms with E-state index in [2.05, 4.69) is 4.98 Å². The Morgan fingerprint density at radius 1 is 1.47 bits per heavy atom. The summed E-state index contributed by atoms with van der Waals surface area (Å²) in [4.78, 5) is 4.68. The van der Waals surface area contributed by atoms with Gasteiger partial charge < -0.3 is 4.74 Å². The fourth-order valence-electron chi connectivity index (χ4n) is 1.08. The van der Waals surface area contributed by atoms with E-state index in [0.717, 1.165) is 16.2 Å². The molecule has 0 amide bonds. The highest BCUT2D eigenvalue weighted by molar-refractivity contribution is 7.12. The van der Waals surface area contributed by atoms with Crippen molar-refractivity contribution < 1.29 is 17.9 Å². The smallest absolute Gasteiger partial charge is 0.384 e. The normalized spacial score (nSPS) is 12.1. The molecule has 6 heteroatoms. The summed E-state index contributed by atoms with van der Waals surface area (Å²) in [6.07, 6.45) is -3.48. The highest BCUT2D eigenvalue weighted by Gasteiger charge is 2.30. The SMILES string of the molecule is COCCc1sc([CH]C(F)(F)F)nc1C. The van der Waals surface area contributed by atoms with E-state index in [9.17, 15) is 13.2 Å². The van der Waals surface area contributed by atoms with Crippen LogP contribution in [0.5, 0.6) is 0 Å². The molecule has 0 aliphatic heterocycles. The van der Waals surface area contributed by atoms with Crippen molar-refractivity contribution in [1.29, 1.82) is 0 Å². The molecule has 0 saturated heterocycles. The number of alkyl halides is 3. The second-order valence-electron chi connectivity index (χ2n) is 2.99. The molecule has 0 atom stereocenters. The first kappa shape index (κ1) is 12.4. The maximum atomic E-state index is 12.0. The van der Waals surface area contributed by atoms with Gasteiger partial charge in [-0.2, -0.15) is 13.2 Å². The first-order valence-electron chi connectivity index (χ1n) is 4.30. The minimum absolute atomic E-state index is 0.00565. The van der Waals surface area contributed by atoms with Crippen molar-refractivity contribution in [3.8, 4) is 0 Å². The van der Waals surface area contributed by atoms with Gasteiger partial charge in [0.15, 0.2) is 0 Å². The van der Waals surface area contributed by atoms with Crippen molar-refractivity contribution in [2.24, 2.45) is 0 Å². The number of hydrogen-bond acceptors (Lipinski definition) is 3. The van der Waals surface area contributed by atoms with Crippen molar-refractivity contribution in [3.05, 3.63) is 22.0 Å². The molecule has 1 aromatic heterocycles. The summed E-state index contributed by atoms with van der Waals surface area (Å²) >= 11 is 1.06. The number of hydrogen-bond donors (Lipinski definition) is 0. The van der Waals surface area contributed by atoms with Crippen LogP contribution in [0.25, 0.3) is 0 Å². The van der Waals surface area contributed by atoms with Gasteiger partial charge in [-0.15, -0.1) is 11.3 Å². The van der Waals surface area contributed by atoms with Crippen LogP contribution in [0.15, 0.2) is 0 Å². The average molecular weight is 238 g/mol. The fourth-order valence-corrected chi connectivity index (χ4v) is 2.09. The van der Waals surface area contributed by atoms with Crippen LogP contribution in [-0.2, 0) is 11.2 Å². The third-order valence-corrected chi connectivity index (χ3v) is 2.89. The van der Waals surface area contributed by atoms with E-state index >= 15 is 0 Å². The Labute approximate surface area is 90.1 Å². The Hall–Kier alpha value is -0.620. The molecule has 1 heterocycles. The van der Waals surface area contributed by atoms with Gasteiger partial charge in [0, 0.05) is 18.4 Å². The zero-order chi connectivity index (χ0) is 11.5. The maximum Gasteiger partial charge on any atom is 0.399 e. The lowest BCUT2D eigenvalue weighted by molar-refractivity contribution is -0.0927. The van der Waals surface area contributed by atoms with Gasteiger partial charge in [0.1, 0.15) is 11.4 Å². The van der Waals surface area contributed by atoms with Crippen molar-refractivity contribution in [3.63, 3.8) is 0 Å². The van der Waals surface area contributed by atoms with Gasteiger partial charge in [-0.3, -0.25) is 0 Å². The van der Waals surface area contributed by atoms with E-state index in [0.29, 0.717) is 18.7 Å². The fraction of sp³-hybridized carbons (Fsp3) is 0.556. The molecule has 0 N–H and O–H groups in total. The van der Waals surface area contributed by atoms with Crippen molar-refractivity contribution in [1.82, 2.24) is 4.98 Å². The van der Waals surface area contributed by atoms with Gasteiger partial charge in [-0.1, -0.05) is 0 Å². The molecule has 0 aliphatic rings. The molecule has 0 aromatic carbocycles. The number of methoxy groups -OCH3 is 1. The zero-order valence-corrected chi connectivity index (χ0v) is 9.21. The summed E-state index contributed by atoms with van der Waals surface area (Å²) in [6, 6.07) is 0. The average Bonchev–Trinajstić information content (AvgIpc) is 2.39. The molecule has 0 spiro atoms. The van der Waals surface area contributed by atoms with Crippen LogP contribution in [0.2, 0.25) is 0 Å². The van der Waals surface area contributed by atoms with Crippen LogP contribution < -0.4 is 0 Å². The zero-order valence-electron chi connectivity index (χ0n) is 8.39. The molecule has 2 nitrogen and oxygen atoms in total. The van der Waals surface area contributed by atoms with E-state index in [1.165, 1.54) is 0 Å². The number of rotatable bonds is 4. The maximum absolute atomic E-state index is 12.0. The lowest BCUT2D eigenvalue weighted by Crippen LogP contribution is -2.08. The van der Waals surface area contributed by atoms with Gasteiger partial charge >= 0.3 is 6.18 Å². The Balaban J connectivity index is 2.68. The monoisotopic (exact) mass is 238 g/mol. The minimum Gasteiger partial charge on any atom is -0.384 e. The predicted molar refractivity (Wildman–Crippen MR) is 51.9 cm³/mol. The molecular weight excluding hydrogens is 227 g/mol. The molecule has 0 unspecified atom stereocenters. The van der Waals surface area contributed by atoms with E-state index < -0.39 is 6.18 Å². The number of halogens is 3. The summed E-state index contributed by atoms with van der Waals surface area (Å²) in [5.74, 6) is 0. The summed E-state index contributed by atoms with van der Waals surface area (Å²) in [7, 11) is 1.55. The highest BCUT2D eigenvalue weighted by atomic mass is 32.1. The Morgan fingerprint density at radius 3 is 2.67 bits per heavy atom. The first-order chi connectivity index (χ1) is 6.92. The molecule has 0 aliphatic carbocycles. The summed E-state index contributed by atoms with van der Waals surface area (Å²) < 4.78 is 40.9. The highest BCUT2D eigenvalue weighted by Crippen LogP contribution is 2.28. The first-order valence-corrected chi connectivity index (χ1v) is 5.12. The second-order valence-corrected chi connectivity index (χ2v) is 4.10. The van der Waals surface area contributed by atoms with Crippen LogP contribution in [-0.4, -0.2) is 24.9 Å². The van der Waals surface area contributed by atoms with Crippen LogP contribution >= 0.6 is 11.3 Å². The van der Waals surface area contributed by atoms with Gasteiger partial charge in [0.05, 0.1) is 12.3 Å². The minimum atomic E-state index is -4.30. The molecule has 85 valence electrons. The predicted octanol–water partition coefficient (Wildman–Crippen LogP) is 2.76. The molecule has 1 radical (unpaired) electrons. The lowest BCUT2D eigenvalue weighted by atomic mass is 10.3. The molecule has 15 heavy (non-hydrogen) atoms. The van der Waals surface area contributed by atoms with Gasteiger partial charge in [-0.25, -0.2) is 4.98 Å². The second kappa shape index (κ2) is 4.94. The number of thiazole rings is 1.